The Labute approximate surface area is 132 Å². The molecule has 1 fully saturated rings. The normalized spacial score (nSPS) is 20.9. The van der Waals surface area contributed by atoms with Crippen LogP contribution in [-0.2, 0) is 9.53 Å². The summed E-state index contributed by atoms with van der Waals surface area (Å²) in [5.41, 5.74) is 2.60. The molecule has 3 rings (SSSR count). The zero-order chi connectivity index (χ0) is 14.5. The summed E-state index contributed by atoms with van der Waals surface area (Å²) in [5, 5.41) is 10.6. The zero-order valence-electron chi connectivity index (χ0n) is 11.6. The number of carbonyl (C=O) groups is 1. The Morgan fingerprint density at radius 1 is 1.25 bits per heavy atom. The van der Waals surface area contributed by atoms with E-state index in [2.05, 4.69) is 22.6 Å². The van der Waals surface area contributed by atoms with Crippen molar-refractivity contribution < 1.29 is 14.6 Å². The Morgan fingerprint density at radius 2 is 1.90 bits per heavy atom. The molecule has 1 N–H and O–H groups in total. The van der Waals surface area contributed by atoms with Crippen LogP contribution >= 0.6 is 22.6 Å². The van der Waals surface area contributed by atoms with Gasteiger partial charge in [0, 0.05) is 9.13 Å². The second-order valence-electron chi connectivity index (χ2n) is 5.75. The van der Waals surface area contributed by atoms with Gasteiger partial charge in [0.1, 0.15) is 5.57 Å². The highest BCUT2D eigenvalue weighted by Crippen LogP contribution is 2.47. The number of halogens is 1. The van der Waals surface area contributed by atoms with E-state index < -0.39 is 5.60 Å². The lowest BCUT2D eigenvalue weighted by atomic mass is 9.93. The molecule has 0 radical (unpaired) electrons. The van der Waals surface area contributed by atoms with Crippen molar-refractivity contribution >= 4 is 34.1 Å². The minimum absolute atomic E-state index is 0.143. The molecule has 1 aliphatic carbocycles. The van der Waals surface area contributed by atoms with Gasteiger partial charge >= 0.3 is 5.97 Å². The summed E-state index contributed by atoms with van der Waals surface area (Å²) in [4.78, 5) is 12.3. The number of aliphatic hydroxyl groups is 1. The maximum absolute atomic E-state index is 12.3. The Morgan fingerprint density at radius 3 is 2.50 bits per heavy atom. The number of aliphatic hydroxyl groups excluding tert-OH is 1. The quantitative estimate of drug-likeness (QED) is 0.587. The minimum Gasteiger partial charge on any atom is -0.507 e. The lowest BCUT2D eigenvalue weighted by Crippen LogP contribution is -2.27. The molecule has 1 aromatic rings. The van der Waals surface area contributed by atoms with E-state index in [9.17, 15) is 9.90 Å². The van der Waals surface area contributed by atoms with Crippen LogP contribution in [0.25, 0.3) is 5.57 Å². The molecule has 3 nitrogen and oxygen atoms in total. The van der Waals surface area contributed by atoms with Gasteiger partial charge in [-0.15, -0.1) is 0 Å². The van der Waals surface area contributed by atoms with Gasteiger partial charge in [-0.2, -0.15) is 0 Å². The van der Waals surface area contributed by atoms with E-state index in [4.69, 9.17) is 4.74 Å². The zero-order valence-corrected chi connectivity index (χ0v) is 13.8. The maximum Gasteiger partial charge on any atom is 0.343 e. The number of hydrogen-bond donors (Lipinski definition) is 1. The van der Waals surface area contributed by atoms with Crippen LogP contribution in [0, 0.1) is 17.4 Å². The number of esters is 1. The number of hydrogen-bond acceptors (Lipinski definition) is 3. The molecule has 0 aromatic heterocycles. The van der Waals surface area contributed by atoms with Crippen molar-refractivity contribution in [3.63, 3.8) is 0 Å². The summed E-state index contributed by atoms with van der Waals surface area (Å²) in [7, 11) is 0. The van der Waals surface area contributed by atoms with Crippen LogP contribution in [0.15, 0.2) is 17.9 Å². The number of aryl methyl sites for hydroxylation is 2. The molecule has 1 spiro atoms. The van der Waals surface area contributed by atoms with Gasteiger partial charge in [-0.05, 0) is 79.3 Å². The van der Waals surface area contributed by atoms with Crippen molar-refractivity contribution in [3.05, 3.63) is 38.2 Å². The van der Waals surface area contributed by atoms with Crippen molar-refractivity contribution in [1.29, 1.82) is 0 Å². The fourth-order valence-electron chi connectivity index (χ4n) is 3.34. The Balaban J connectivity index is 2.19. The molecule has 106 valence electrons. The first-order valence-corrected chi connectivity index (χ1v) is 7.97. The van der Waals surface area contributed by atoms with E-state index >= 15 is 0 Å². The van der Waals surface area contributed by atoms with E-state index in [1.54, 1.807) is 0 Å². The average molecular weight is 384 g/mol. The molecule has 0 amide bonds. The minimum atomic E-state index is -0.743. The second-order valence-corrected chi connectivity index (χ2v) is 6.92. The third-order valence-electron chi connectivity index (χ3n) is 4.25. The van der Waals surface area contributed by atoms with Gasteiger partial charge in [0.25, 0.3) is 0 Å². The first-order chi connectivity index (χ1) is 9.44. The van der Waals surface area contributed by atoms with Gasteiger partial charge in [-0.3, -0.25) is 0 Å². The monoisotopic (exact) mass is 384 g/mol. The van der Waals surface area contributed by atoms with E-state index in [1.165, 1.54) is 0 Å². The predicted molar refractivity (Wildman–Crippen MR) is 85.5 cm³/mol. The first kappa shape index (κ1) is 13.9. The fraction of sp³-hybridized carbons (Fsp3) is 0.438. The molecule has 0 atom stereocenters. The SMILES string of the molecule is Cc1cc(C)c(C2=C(O)C3(CCCC3)OC2=O)c(I)c1. The second kappa shape index (κ2) is 4.76. The Bertz CT molecular complexity index is 602. The summed E-state index contributed by atoms with van der Waals surface area (Å²) < 4.78 is 6.54. The van der Waals surface area contributed by atoms with Crippen LogP contribution in [0.3, 0.4) is 0 Å². The Hall–Kier alpha value is -1.04. The van der Waals surface area contributed by atoms with Gasteiger partial charge in [0.15, 0.2) is 11.4 Å². The van der Waals surface area contributed by atoms with Crippen LogP contribution in [0.5, 0.6) is 0 Å². The van der Waals surface area contributed by atoms with Crippen molar-refractivity contribution in [1.82, 2.24) is 0 Å². The summed E-state index contributed by atoms with van der Waals surface area (Å²) in [6, 6.07) is 4.06. The molecule has 0 bridgehead atoms. The van der Waals surface area contributed by atoms with Gasteiger partial charge in [0.05, 0.1) is 0 Å². The highest BCUT2D eigenvalue weighted by atomic mass is 127. The largest absolute Gasteiger partial charge is 0.507 e. The van der Waals surface area contributed by atoms with E-state index in [0.29, 0.717) is 5.57 Å². The highest BCUT2D eigenvalue weighted by molar-refractivity contribution is 14.1. The smallest absolute Gasteiger partial charge is 0.343 e. The number of carbonyl (C=O) groups excluding carboxylic acids is 1. The predicted octanol–water partition coefficient (Wildman–Crippen LogP) is 4.05. The summed E-state index contributed by atoms with van der Waals surface area (Å²) in [6.45, 7) is 4.00. The van der Waals surface area contributed by atoms with Crippen LogP contribution in [0.2, 0.25) is 0 Å². The van der Waals surface area contributed by atoms with Crippen LogP contribution in [0.1, 0.15) is 42.4 Å². The molecule has 1 heterocycles. The molecule has 0 saturated heterocycles. The highest BCUT2D eigenvalue weighted by Gasteiger charge is 2.50. The summed E-state index contributed by atoms with van der Waals surface area (Å²) in [6.07, 6.45) is 3.45. The molecule has 1 aromatic carbocycles. The van der Waals surface area contributed by atoms with Crippen molar-refractivity contribution in [2.45, 2.75) is 45.1 Å². The van der Waals surface area contributed by atoms with Crippen molar-refractivity contribution in [2.75, 3.05) is 0 Å². The Kier molecular flexibility index (Phi) is 3.31. The lowest BCUT2D eigenvalue weighted by molar-refractivity contribution is -0.146. The van der Waals surface area contributed by atoms with Crippen LogP contribution in [0.4, 0.5) is 0 Å². The van der Waals surface area contributed by atoms with Gasteiger partial charge < -0.3 is 9.84 Å². The summed E-state index contributed by atoms with van der Waals surface area (Å²) >= 11 is 2.22. The fourth-order valence-corrected chi connectivity index (χ4v) is 4.53. The molecule has 4 heteroatoms. The molecular formula is C16H17IO3. The maximum atomic E-state index is 12.3. The third kappa shape index (κ3) is 1.96. The van der Waals surface area contributed by atoms with Crippen molar-refractivity contribution in [3.8, 4) is 0 Å². The van der Waals surface area contributed by atoms with Gasteiger partial charge in [0.2, 0.25) is 0 Å². The average Bonchev–Trinajstić information content (AvgIpc) is 2.89. The van der Waals surface area contributed by atoms with E-state index in [-0.39, 0.29) is 11.7 Å². The standard InChI is InChI=1S/C16H17IO3/c1-9-7-10(2)12(11(17)8-9)13-14(18)16(20-15(13)19)5-3-4-6-16/h7-8,18H,3-6H2,1-2H3. The van der Waals surface area contributed by atoms with Gasteiger partial charge in [-0.25, -0.2) is 4.79 Å². The van der Waals surface area contributed by atoms with Crippen molar-refractivity contribution in [2.24, 2.45) is 0 Å². The number of benzene rings is 1. The van der Waals surface area contributed by atoms with Crippen LogP contribution < -0.4 is 0 Å². The number of ether oxygens (including phenoxy) is 1. The topological polar surface area (TPSA) is 46.5 Å². The van der Waals surface area contributed by atoms with E-state index in [1.807, 2.05) is 26.0 Å². The molecule has 20 heavy (non-hydrogen) atoms. The van der Waals surface area contributed by atoms with E-state index in [0.717, 1.165) is 45.9 Å². The van der Waals surface area contributed by atoms with Gasteiger partial charge in [-0.1, -0.05) is 6.07 Å². The summed E-state index contributed by atoms with van der Waals surface area (Å²) in [5.74, 6) is -0.237. The first-order valence-electron chi connectivity index (χ1n) is 6.89. The molecule has 1 saturated carbocycles. The third-order valence-corrected chi connectivity index (χ3v) is 5.10. The molecule has 0 unspecified atom stereocenters. The van der Waals surface area contributed by atoms with Crippen LogP contribution in [-0.4, -0.2) is 16.7 Å². The molecule has 2 aliphatic rings. The lowest BCUT2D eigenvalue weighted by Gasteiger charge is -2.21. The molecule has 1 aliphatic heterocycles. The molecular weight excluding hydrogens is 367 g/mol. The number of rotatable bonds is 1.